The summed E-state index contributed by atoms with van der Waals surface area (Å²) in [6.45, 7) is -0.390. The first-order chi connectivity index (χ1) is 9.13. The Morgan fingerprint density at radius 2 is 2.05 bits per heavy atom. The van der Waals surface area contributed by atoms with Gasteiger partial charge >= 0.3 is 0 Å². The molecule has 0 aliphatic carbocycles. The van der Waals surface area contributed by atoms with Gasteiger partial charge in [-0.25, -0.2) is 15.0 Å². The fraction of sp³-hybridized carbons (Fsp3) is 0.500. The first-order valence-electron chi connectivity index (χ1n) is 5.69. The Hall–Kier alpha value is -1.81. The maximum Gasteiger partial charge on any atom is 0.167 e. The molecule has 0 radical (unpaired) electrons. The minimum absolute atomic E-state index is 0.218. The number of ether oxygens (including phenoxy) is 1. The number of nitrogen functional groups attached to an aromatic ring is 1. The van der Waals surface area contributed by atoms with E-state index in [1.165, 1.54) is 17.2 Å². The van der Waals surface area contributed by atoms with Crippen LogP contribution in [0, 0.1) is 0 Å². The van der Waals surface area contributed by atoms with Gasteiger partial charge in [-0.3, -0.25) is 4.57 Å². The smallest absolute Gasteiger partial charge is 0.167 e. The van der Waals surface area contributed by atoms with Crippen molar-refractivity contribution in [2.45, 2.75) is 24.5 Å². The van der Waals surface area contributed by atoms with E-state index in [1.54, 1.807) is 0 Å². The van der Waals surface area contributed by atoms with Gasteiger partial charge in [-0.05, 0) is 0 Å². The zero-order valence-corrected chi connectivity index (χ0v) is 9.79. The first-order valence-corrected chi connectivity index (χ1v) is 5.69. The van der Waals surface area contributed by atoms with Gasteiger partial charge in [0.1, 0.15) is 30.2 Å². The summed E-state index contributed by atoms with van der Waals surface area (Å²) < 4.78 is 6.85. The standard InChI is InChI=1S/C10H13N5O4/c11-8-5-9(13-2-12-8)15(3-14-5)10-7(18)6(17)4(1-16)19-10/h2-4,6-7,10,16-18H,1H2,(H2,11,12,13)/t4-,6+,7+,10?/m1/s1. The van der Waals surface area contributed by atoms with Crippen LogP contribution in [0.4, 0.5) is 5.82 Å². The highest BCUT2D eigenvalue weighted by Gasteiger charge is 2.43. The molecule has 4 atom stereocenters. The molecule has 1 aliphatic heterocycles. The first kappa shape index (κ1) is 12.2. The largest absolute Gasteiger partial charge is 0.394 e. The van der Waals surface area contributed by atoms with Crippen molar-refractivity contribution in [3.05, 3.63) is 12.7 Å². The van der Waals surface area contributed by atoms with E-state index in [0.717, 1.165) is 0 Å². The Balaban J connectivity index is 2.04. The molecule has 0 bridgehead atoms. The normalized spacial score (nSPS) is 31.1. The van der Waals surface area contributed by atoms with Crippen molar-refractivity contribution in [1.29, 1.82) is 0 Å². The van der Waals surface area contributed by atoms with Crippen molar-refractivity contribution in [2.75, 3.05) is 12.3 Å². The second kappa shape index (κ2) is 4.38. The summed E-state index contributed by atoms with van der Waals surface area (Å²) >= 11 is 0. The van der Waals surface area contributed by atoms with Gasteiger partial charge in [0.25, 0.3) is 0 Å². The molecule has 9 nitrogen and oxygen atoms in total. The van der Waals surface area contributed by atoms with E-state index in [2.05, 4.69) is 15.0 Å². The highest BCUT2D eigenvalue weighted by Crippen LogP contribution is 2.31. The predicted octanol–water partition coefficient (Wildman–Crippen LogP) is -1.98. The molecule has 5 N–H and O–H groups in total. The molecule has 0 aromatic carbocycles. The second-order valence-electron chi connectivity index (χ2n) is 4.31. The molecule has 9 heteroatoms. The number of aliphatic hydroxyl groups is 3. The summed E-state index contributed by atoms with van der Waals surface area (Å²) in [5.74, 6) is 0.218. The third-order valence-electron chi connectivity index (χ3n) is 3.18. The van der Waals surface area contributed by atoms with E-state index in [1.807, 2.05) is 0 Å². The number of hydrogen-bond donors (Lipinski definition) is 4. The van der Waals surface area contributed by atoms with E-state index < -0.39 is 31.1 Å². The summed E-state index contributed by atoms with van der Waals surface area (Å²) in [6, 6.07) is 0. The van der Waals surface area contributed by atoms with Crippen LogP contribution in [0.15, 0.2) is 12.7 Å². The van der Waals surface area contributed by atoms with Crippen LogP contribution in [0.2, 0.25) is 0 Å². The zero-order chi connectivity index (χ0) is 13.6. The van der Waals surface area contributed by atoms with E-state index in [4.69, 9.17) is 15.6 Å². The number of nitrogens with two attached hydrogens (primary N) is 1. The lowest BCUT2D eigenvalue weighted by molar-refractivity contribution is -0.0511. The Morgan fingerprint density at radius 1 is 1.26 bits per heavy atom. The van der Waals surface area contributed by atoms with Gasteiger partial charge < -0.3 is 25.8 Å². The Kier molecular flexibility index (Phi) is 2.82. The molecule has 0 amide bonds. The fourth-order valence-corrected chi connectivity index (χ4v) is 2.17. The van der Waals surface area contributed by atoms with E-state index in [9.17, 15) is 10.2 Å². The molecule has 3 heterocycles. The van der Waals surface area contributed by atoms with Crippen LogP contribution in [0.3, 0.4) is 0 Å². The number of hydrogen-bond acceptors (Lipinski definition) is 8. The van der Waals surface area contributed by atoms with Crippen molar-refractivity contribution >= 4 is 17.0 Å². The van der Waals surface area contributed by atoms with Gasteiger partial charge in [-0.1, -0.05) is 0 Å². The van der Waals surface area contributed by atoms with Gasteiger partial charge in [0.05, 0.1) is 12.9 Å². The number of fused-ring (bicyclic) bond motifs is 1. The highest BCUT2D eigenvalue weighted by molar-refractivity contribution is 5.81. The molecular weight excluding hydrogens is 254 g/mol. The topological polar surface area (TPSA) is 140 Å². The lowest BCUT2D eigenvalue weighted by Gasteiger charge is -2.16. The van der Waals surface area contributed by atoms with Crippen molar-refractivity contribution in [3.8, 4) is 0 Å². The van der Waals surface area contributed by atoms with Crippen LogP contribution in [0.5, 0.6) is 0 Å². The lowest BCUT2D eigenvalue weighted by Crippen LogP contribution is -2.33. The summed E-state index contributed by atoms with van der Waals surface area (Å²) in [5, 5.41) is 28.7. The van der Waals surface area contributed by atoms with Crippen LogP contribution < -0.4 is 5.73 Å². The summed E-state index contributed by atoms with van der Waals surface area (Å²) in [7, 11) is 0. The van der Waals surface area contributed by atoms with Gasteiger partial charge in [-0.2, -0.15) is 0 Å². The molecular formula is C10H13N5O4. The molecule has 2 aromatic heterocycles. The lowest BCUT2D eigenvalue weighted by atomic mass is 10.1. The maximum absolute atomic E-state index is 9.95. The average Bonchev–Trinajstić information content (AvgIpc) is 2.94. The Bertz CT molecular complexity index is 603. The number of anilines is 1. The maximum atomic E-state index is 9.95. The molecule has 19 heavy (non-hydrogen) atoms. The van der Waals surface area contributed by atoms with E-state index in [-0.39, 0.29) is 5.82 Å². The second-order valence-corrected chi connectivity index (χ2v) is 4.31. The predicted molar refractivity (Wildman–Crippen MR) is 62.7 cm³/mol. The zero-order valence-electron chi connectivity index (χ0n) is 9.79. The molecule has 3 rings (SSSR count). The molecule has 1 unspecified atom stereocenters. The average molecular weight is 267 g/mol. The number of rotatable bonds is 2. The van der Waals surface area contributed by atoms with Crippen molar-refractivity contribution in [1.82, 2.24) is 19.5 Å². The number of aliphatic hydroxyl groups excluding tert-OH is 3. The highest BCUT2D eigenvalue weighted by atomic mass is 16.6. The molecule has 2 aromatic rings. The van der Waals surface area contributed by atoms with Gasteiger partial charge in [0.15, 0.2) is 17.7 Å². The van der Waals surface area contributed by atoms with Gasteiger partial charge in [0.2, 0.25) is 0 Å². The number of aromatic nitrogens is 4. The SMILES string of the molecule is Nc1ncnc2c1ncn2C1O[C@H](CO)[C@H](O)[C@@H]1O. The van der Waals surface area contributed by atoms with Crippen LogP contribution in [0.25, 0.3) is 11.2 Å². The third-order valence-corrected chi connectivity index (χ3v) is 3.18. The van der Waals surface area contributed by atoms with Gasteiger partial charge in [-0.15, -0.1) is 0 Å². The molecule has 0 saturated carbocycles. The molecule has 102 valence electrons. The minimum atomic E-state index is -1.19. The number of imidazole rings is 1. The van der Waals surface area contributed by atoms with Crippen LogP contribution >= 0.6 is 0 Å². The Labute approximate surface area is 107 Å². The number of nitrogens with zero attached hydrogens (tertiary/aromatic N) is 4. The monoisotopic (exact) mass is 267 g/mol. The third kappa shape index (κ3) is 1.75. The Morgan fingerprint density at radius 3 is 2.74 bits per heavy atom. The van der Waals surface area contributed by atoms with E-state index in [0.29, 0.717) is 11.2 Å². The van der Waals surface area contributed by atoms with Gasteiger partial charge in [0, 0.05) is 0 Å². The molecule has 1 saturated heterocycles. The molecule has 1 aliphatic rings. The molecule has 1 fully saturated rings. The van der Waals surface area contributed by atoms with Crippen LogP contribution in [-0.4, -0.2) is 59.8 Å². The summed E-state index contributed by atoms with van der Waals surface area (Å²) in [6.07, 6.45) is -1.42. The quantitative estimate of drug-likeness (QED) is 0.491. The minimum Gasteiger partial charge on any atom is -0.394 e. The summed E-state index contributed by atoms with van der Waals surface area (Å²) in [5.41, 5.74) is 6.44. The summed E-state index contributed by atoms with van der Waals surface area (Å²) in [4.78, 5) is 11.9. The van der Waals surface area contributed by atoms with Crippen LogP contribution in [-0.2, 0) is 4.74 Å². The fourth-order valence-electron chi connectivity index (χ4n) is 2.17. The van der Waals surface area contributed by atoms with Crippen LogP contribution in [0.1, 0.15) is 6.23 Å². The molecule has 0 spiro atoms. The van der Waals surface area contributed by atoms with Crippen molar-refractivity contribution in [3.63, 3.8) is 0 Å². The van der Waals surface area contributed by atoms with E-state index >= 15 is 0 Å². The van der Waals surface area contributed by atoms with Crippen molar-refractivity contribution in [2.24, 2.45) is 0 Å². The van der Waals surface area contributed by atoms with Crippen molar-refractivity contribution < 1.29 is 20.1 Å².